The zero-order chi connectivity index (χ0) is 22.2. The molecule has 4 heterocycles. The van der Waals surface area contributed by atoms with E-state index in [1.165, 1.54) is 0 Å². The third kappa shape index (κ3) is 3.66. The Morgan fingerprint density at radius 2 is 1.84 bits per heavy atom. The molecule has 0 N–H and O–H groups in total. The lowest BCUT2D eigenvalue weighted by Crippen LogP contribution is -2.37. The molecule has 2 aromatic heterocycles. The Labute approximate surface area is 188 Å². The molecule has 166 valence electrons. The zero-order valence-electron chi connectivity index (χ0n) is 18.9. The second-order valence-corrected chi connectivity index (χ2v) is 8.84. The van der Waals surface area contributed by atoms with Crippen LogP contribution in [-0.4, -0.2) is 63.5 Å². The average molecular weight is 432 g/mol. The molecule has 0 spiro atoms. The Bertz CT molecular complexity index is 1120. The molecule has 32 heavy (non-hydrogen) atoms. The van der Waals surface area contributed by atoms with Crippen LogP contribution in [-0.2, 0) is 19.5 Å². The molecule has 5 rings (SSSR count). The molecule has 7 heteroatoms. The van der Waals surface area contributed by atoms with Crippen molar-refractivity contribution in [3.8, 4) is 17.3 Å². The van der Waals surface area contributed by atoms with Crippen molar-refractivity contribution in [2.75, 3.05) is 21.2 Å². The number of carbonyl (C=O) groups is 1. The molecule has 0 aliphatic carbocycles. The molecule has 2 aliphatic heterocycles. The van der Waals surface area contributed by atoms with Crippen LogP contribution in [0.1, 0.15) is 34.7 Å². The minimum atomic E-state index is -0.0327. The second-order valence-electron chi connectivity index (χ2n) is 8.84. The Morgan fingerprint density at radius 1 is 1.06 bits per heavy atom. The molecule has 2 atom stereocenters. The van der Waals surface area contributed by atoms with E-state index in [0.29, 0.717) is 23.7 Å². The van der Waals surface area contributed by atoms with E-state index >= 15 is 0 Å². The number of hydrogen-bond acceptors (Lipinski definition) is 5. The number of imidazole rings is 1. The van der Waals surface area contributed by atoms with Crippen molar-refractivity contribution >= 4 is 5.91 Å². The van der Waals surface area contributed by atoms with Gasteiger partial charge in [0.25, 0.3) is 5.91 Å². The SMILES string of the molecule is COc1cccc(CN2[C@@H]3CC[C@H]2Cc2c(C(=O)N(C)C)nc(-c4ccccc4)n2C3)n1. The Kier molecular flexibility index (Phi) is 5.43. The predicted octanol–water partition coefficient (Wildman–Crippen LogP) is 3.24. The zero-order valence-corrected chi connectivity index (χ0v) is 18.9. The summed E-state index contributed by atoms with van der Waals surface area (Å²) in [6.45, 7) is 1.61. The second kappa shape index (κ2) is 8.39. The fourth-order valence-electron chi connectivity index (χ4n) is 5.05. The van der Waals surface area contributed by atoms with E-state index < -0.39 is 0 Å². The van der Waals surface area contributed by atoms with Crippen molar-refractivity contribution in [1.82, 2.24) is 24.3 Å². The predicted molar refractivity (Wildman–Crippen MR) is 123 cm³/mol. The number of ether oxygens (including phenoxy) is 1. The van der Waals surface area contributed by atoms with E-state index in [2.05, 4.69) is 32.7 Å². The number of rotatable bonds is 5. The number of pyridine rings is 1. The Balaban J connectivity index is 1.53. The van der Waals surface area contributed by atoms with Crippen molar-refractivity contribution in [3.05, 3.63) is 65.6 Å². The van der Waals surface area contributed by atoms with Gasteiger partial charge in [-0.15, -0.1) is 0 Å². The van der Waals surface area contributed by atoms with Crippen molar-refractivity contribution in [3.63, 3.8) is 0 Å². The summed E-state index contributed by atoms with van der Waals surface area (Å²) in [5.41, 5.74) is 3.70. The lowest BCUT2D eigenvalue weighted by molar-refractivity contribution is 0.0821. The van der Waals surface area contributed by atoms with Crippen LogP contribution < -0.4 is 4.74 Å². The van der Waals surface area contributed by atoms with Gasteiger partial charge in [0.15, 0.2) is 0 Å². The van der Waals surface area contributed by atoms with Gasteiger partial charge in [-0.25, -0.2) is 9.97 Å². The highest BCUT2D eigenvalue weighted by molar-refractivity contribution is 5.94. The van der Waals surface area contributed by atoms with E-state index in [4.69, 9.17) is 9.72 Å². The summed E-state index contributed by atoms with van der Waals surface area (Å²) in [5, 5.41) is 0. The van der Waals surface area contributed by atoms with Crippen molar-refractivity contribution in [2.24, 2.45) is 0 Å². The van der Waals surface area contributed by atoms with Crippen LogP contribution in [0.15, 0.2) is 48.5 Å². The van der Waals surface area contributed by atoms with Gasteiger partial charge in [0.2, 0.25) is 5.88 Å². The molecule has 1 saturated heterocycles. The van der Waals surface area contributed by atoms with Gasteiger partial charge in [0.05, 0.1) is 18.5 Å². The first-order valence-electron chi connectivity index (χ1n) is 11.2. The largest absolute Gasteiger partial charge is 0.481 e. The van der Waals surface area contributed by atoms with Crippen molar-refractivity contribution < 1.29 is 9.53 Å². The van der Waals surface area contributed by atoms with Crippen LogP contribution in [0.25, 0.3) is 11.4 Å². The summed E-state index contributed by atoms with van der Waals surface area (Å²) < 4.78 is 7.61. The average Bonchev–Trinajstić information content (AvgIpc) is 3.29. The van der Waals surface area contributed by atoms with Gasteiger partial charge in [-0.1, -0.05) is 36.4 Å². The number of methoxy groups -OCH3 is 1. The highest BCUT2D eigenvalue weighted by atomic mass is 16.5. The van der Waals surface area contributed by atoms with Crippen LogP contribution in [0.5, 0.6) is 5.88 Å². The summed E-state index contributed by atoms with van der Waals surface area (Å²) >= 11 is 0. The summed E-state index contributed by atoms with van der Waals surface area (Å²) in [6.07, 6.45) is 3.07. The maximum absolute atomic E-state index is 13.0. The summed E-state index contributed by atoms with van der Waals surface area (Å²) in [6, 6.07) is 16.9. The molecule has 0 unspecified atom stereocenters. The first kappa shape index (κ1) is 20.7. The van der Waals surface area contributed by atoms with E-state index in [1.54, 1.807) is 26.1 Å². The fourth-order valence-corrected chi connectivity index (χ4v) is 5.05. The molecule has 2 aliphatic rings. The number of carbonyl (C=O) groups excluding carboxylic acids is 1. The smallest absolute Gasteiger partial charge is 0.273 e. The number of aromatic nitrogens is 3. The highest BCUT2D eigenvalue weighted by Crippen LogP contribution is 2.36. The Morgan fingerprint density at radius 3 is 2.59 bits per heavy atom. The summed E-state index contributed by atoms with van der Waals surface area (Å²) in [7, 11) is 5.23. The number of hydrogen-bond donors (Lipinski definition) is 0. The third-order valence-electron chi connectivity index (χ3n) is 6.64. The van der Waals surface area contributed by atoms with Crippen molar-refractivity contribution in [2.45, 2.75) is 44.4 Å². The lowest BCUT2D eigenvalue weighted by atomic mass is 10.0. The summed E-state index contributed by atoms with van der Waals surface area (Å²) in [4.78, 5) is 26.7. The van der Waals surface area contributed by atoms with Crippen LogP contribution in [0.2, 0.25) is 0 Å². The molecule has 3 aromatic rings. The molecule has 1 fully saturated rings. The summed E-state index contributed by atoms with van der Waals surface area (Å²) in [5.74, 6) is 1.50. The highest BCUT2D eigenvalue weighted by Gasteiger charge is 2.40. The van der Waals surface area contributed by atoms with E-state index in [9.17, 15) is 4.79 Å². The van der Waals surface area contributed by atoms with Crippen LogP contribution >= 0.6 is 0 Å². The first-order chi connectivity index (χ1) is 15.5. The van der Waals surface area contributed by atoms with Gasteiger partial charge in [0.1, 0.15) is 11.5 Å². The molecular weight excluding hydrogens is 402 g/mol. The molecule has 7 nitrogen and oxygen atoms in total. The van der Waals surface area contributed by atoms with Crippen LogP contribution in [0.3, 0.4) is 0 Å². The first-order valence-corrected chi connectivity index (χ1v) is 11.2. The van der Waals surface area contributed by atoms with Crippen LogP contribution in [0.4, 0.5) is 0 Å². The molecule has 2 bridgehead atoms. The standard InChI is InChI=1S/C25H29N5O2/c1-28(2)25(31)23-21-14-19-12-13-20(29(19)15-18-10-7-11-22(26-18)32-3)16-30(21)24(27-23)17-8-5-4-6-9-17/h4-11,19-20H,12-16H2,1-3H3/t19-,20+/m0/s1. The molecule has 0 radical (unpaired) electrons. The minimum Gasteiger partial charge on any atom is -0.481 e. The van der Waals surface area contributed by atoms with E-state index in [0.717, 1.165) is 55.1 Å². The maximum Gasteiger partial charge on any atom is 0.273 e. The van der Waals surface area contributed by atoms with Gasteiger partial charge in [-0.3, -0.25) is 9.69 Å². The topological polar surface area (TPSA) is 63.5 Å². The Hall–Kier alpha value is -3.19. The number of amides is 1. The minimum absolute atomic E-state index is 0.0327. The number of fused-ring (bicyclic) bond motifs is 3. The number of benzene rings is 1. The van der Waals surface area contributed by atoms with E-state index in [-0.39, 0.29) is 5.91 Å². The monoisotopic (exact) mass is 431 g/mol. The molecular formula is C25H29N5O2. The van der Waals surface area contributed by atoms with E-state index in [1.807, 2.05) is 30.3 Å². The lowest BCUT2D eigenvalue weighted by Gasteiger charge is -2.27. The molecule has 0 saturated carbocycles. The fraction of sp³-hybridized carbons (Fsp3) is 0.400. The van der Waals surface area contributed by atoms with Gasteiger partial charge in [-0.05, 0) is 18.9 Å². The van der Waals surface area contributed by atoms with Gasteiger partial charge < -0.3 is 14.2 Å². The van der Waals surface area contributed by atoms with Crippen molar-refractivity contribution in [1.29, 1.82) is 0 Å². The normalized spacial score (nSPS) is 20.0. The molecule has 1 amide bonds. The van der Waals surface area contributed by atoms with Gasteiger partial charge >= 0.3 is 0 Å². The van der Waals surface area contributed by atoms with Gasteiger partial charge in [-0.2, -0.15) is 0 Å². The third-order valence-corrected chi connectivity index (χ3v) is 6.64. The quantitative estimate of drug-likeness (QED) is 0.621. The maximum atomic E-state index is 13.0. The van der Waals surface area contributed by atoms with Gasteiger partial charge in [0, 0.05) is 57.3 Å². The number of nitrogens with zero attached hydrogens (tertiary/aromatic N) is 5. The van der Waals surface area contributed by atoms with Crippen LogP contribution in [0, 0.1) is 0 Å². The molecule has 1 aromatic carbocycles.